The second-order valence-electron chi connectivity index (χ2n) is 2.36. The lowest BCUT2D eigenvalue weighted by molar-refractivity contribution is 1.26. The van der Waals surface area contributed by atoms with E-state index in [0.29, 0.717) is 4.34 Å². The maximum absolute atomic E-state index is 4.94. The summed E-state index contributed by atoms with van der Waals surface area (Å²) in [5.74, 6) is 0. The van der Waals surface area contributed by atoms with Crippen molar-refractivity contribution in [2.75, 3.05) is 0 Å². The summed E-state index contributed by atoms with van der Waals surface area (Å²) in [6, 6.07) is 10.0. The summed E-state index contributed by atoms with van der Waals surface area (Å²) >= 11 is 6.44. The largest absolute Gasteiger partial charge is 0.408 e. The molecule has 0 bridgehead atoms. The van der Waals surface area contributed by atoms with E-state index in [2.05, 4.69) is 4.98 Å². The highest BCUT2D eigenvalue weighted by molar-refractivity contribution is 7.62. The van der Waals surface area contributed by atoms with Gasteiger partial charge in [-0.15, -0.1) is 0 Å². The van der Waals surface area contributed by atoms with Gasteiger partial charge in [0.15, 0.2) is 0 Å². The van der Waals surface area contributed by atoms with E-state index in [4.69, 9.17) is 12.6 Å². The molecular formula is C9H6NS2-. The van der Waals surface area contributed by atoms with E-state index >= 15 is 0 Å². The molecule has 2 aromatic rings. The van der Waals surface area contributed by atoms with Crippen molar-refractivity contribution in [2.45, 2.75) is 4.34 Å². The molecule has 0 fully saturated rings. The van der Waals surface area contributed by atoms with Crippen molar-refractivity contribution >= 4 is 24.0 Å². The molecular weight excluding hydrogens is 186 g/mol. The highest BCUT2D eigenvalue weighted by atomic mass is 32.2. The van der Waals surface area contributed by atoms with E-state index in [1.807, 2.05) is 35.7 Å². The molecule has 0 atom stereocenters. The Labute approximate surface area is 80.5 Å². The molecule has 1 aromatic heterocycles. The van der Waals surface area contributed by atoms with Gasteiger partial charge in [0.2, 0.25) is 0 Å². The lowest BCUT2D eigenvalue weighted by atomic mass is 10.2. The Bertz CT molecular complexity index is 367. The normalized spacial score (nSPS) is 10.0. The van der Waals surface area contributed by atoms with Gasteiger partial charge >= 0.3 is 0 Å². The second-order valence-corrected chi connectivity index (χ2v) is 3.87. The van der Waals surface area contributed by atoms with Crippen molar-refractivity contribution < 1.29 is 0 Å². The third-order valence-corrected chi connectivity index (χ3v) is 2.57. The molecule has 0 aliphatic heterocycles. The van der Waals surface area contributed by atoms with Gasteiger partial charge in [0.25, 0.3) is 0 Å². The van der Waals surface area contributed by atoms with E-state index in [1.54, 1.807) is 0 Å². The Morgan fingerprint density at radius 1 is 1.17 bits per heavy atom. The summed E-state index contributed by atoms with van der Waals surface area (Å²) in [7, 11) is 0. The summed E-state index contributed by atoms with van der Waals surface area (Å²) in [5, 5.41) is 1.98. The van der Waals surface area contributed by atoms with Crippen LogP contribution in [0.15, 0.2) is 40.1 Å². The number of rotatable bonds is 1. The first-order valence-electron chi connectivity index (χ1n) is 3.54. The molecule has 2 rings (SSSR count). The summed E-state index contributed by atoms with van der Waals surface area (Å²) in [6.07, 6.45) is 0. The van der Waals surface area contributed by atoms with E-state index in [0.717, 1.165) is 11.3 Å². The fraction of sp³-hybridized carbons (Fsp3) is 0. The summed E-state index contributed by atoms with van der Waals surface area (Å²) < 4.78 is 0.703. The lowest BCUT2D eigenvalue weighted by Crippen LogP contribution is -1.75. The van der Waals surface area contributed by atoms with Gasteiger partial charge in [0.1, 0.15) is 0 Å². The van der Waals surface area contributed by atoms with Crippen LogP contribution in [-0.4, -0.2) is 4.98 Å². The number of thiazole rings is 1. The van der Waals surface area contributed by atoms with Crippen LogP contribution in [0, 0.1) is 0 Å². The van der Waals surface area contributed by atoms with E-state index in [-0.39, 0.29) is 0 Å². The summed E-state index contributed by atoms with van der Waals surface area (Å²) in [5.41, 5.74) is 2.11. The number of hydrogen-bond acceptors (Lipinski definition) is 3. The Kier molecular flexibility index (Phi) is 2.06. The van der Waals surface area contributed by atoms with Crippen molar-refractivity contribution in [3.63, 3.8) is 0 Å². The summed E-state index contributed by atoms with van der Waals surface area (Å²) in [6.45, 7) is 0. The van der Waals surface area contributed by atoms with Gasteiger partial charge in [-0.3, -0.25) is 4.98 Å². The molecule has 1 nitrogen and oxygen atoms in total. The van der Waals surface area contributed by atoms with Crippen molar-refractivity contribution in [1.82, 2.24) is 4.98 Å². The molecule has 0 amide bonds. The molecule has 0 spiro atoms. The van der Waals surface area contributed by atoms with Crippen LogP contribution in [-0.2, 0) is 12.6 Å². The van der Waals surface area contributed by atoms with Crippen LogP contribution < -0.4 is 0 Å². The van der Waals surface area contributed by atoms with Crippen molar-refractivity contribution in [3.05, 3.63) is 35.7 Å². The van der Waals surface area contributed by atoms with E-state index in [1.165, 1.54) is 11.3 Å². The first-order chi connectivity index (χ1) is 5.86. The van der Waals surface area contributed by atoms with Gasteiger partial charge < -0.3 is 24.0 Å². The quantitative estimate of drug-likeness (QED) is 0.644. The predicted octanol–water partition coefficient (Wildman–Crippen LogP) is 2.72. The summed E-state index contributed by atoms with van der Waals surface area (Å²) in [4.78, 5) is 4.21. The van der Waals surface area contributed by atoms with Crippen LogP contribution in [0.3, 0.4) is 0 Å². The zero-order valence-electron chi connectivity index (χ0n) is 6.23. The molecule has 3 heteroatoms. The molecule has 0 aliphatic carbocycles. The smallest absolute Gasteiger partial charge is 0.0600 e. The molecule has 60 valence electrons. The topological polar surface area (TPSA) is 12.9 Å². The first kappa shape index (κ1) is 7.71. The van der Waals surface area contributed by atoms with Crippen molar-refractivity contribution in [2.24, 2.45) is 0 Å². The van der Waals surface area contributed by atoms with Crippen LogP contribution in [0.2, 0.25) is 0 Å². The van der Waals surface area contributed by atoms with E-state index in [9.17, 15) is 0 Å². The van der Waals surface area contributed by atoms with Gasteiger partial charge in [-0.05, 0) is 9.90 Å². The van der Waals surface area contributed by atoms with Gasteiger partial charge in [-0.2, -0.15) is 0 Å². The standard InChI is InChI=1S/C9H7NS2/c11-9-10-8(6-12-9)7-4-2-1-3-5-7/h1-6H,(H,10,11)/p-1. The number of hydrogen-bond donors (Lipinski definition) is 0. The maximum atomic E-state index is 4.94. The molecule has 12 heavy (non-hydrogen) atoms. The van der Waals surface area contributed by atoms with Gasteiger partial charge in [-0.25, -0.2) is 0 Å². The Hall–Kier alpha value is -0.930. The molecule has 1 aromatic carbocycles. The van der Waals surface area contributed by atoms with Gasteiger partial charge in [0, 0.05) is 0 Å². The molecule has 0 saturated heterocycles. The molecule has 0 unspecified atom stereocenters. The highest BCUT2D eigenvalue weighted by Gasteiger charge is 1.94. The number of aromatic nitrogens is 1. The first-order valence-corrected chi connectivity index (χ1v) is 4.83. The lowest BCUT2D eigenvalue weighted by Gasteiger charge is -1.94. The molecule has 0 radical (unpaired) electrons. The van der Waals surface area contributed by atoms with Gasteiger partial charge in [-0.1, -0.05) is 35.7 Å². The third-order valence-electron chi connectivity index (χ3n) is 1.55. The minimum atomic E-state index is 0.703. The van der Waals surface area contributed by atoms with Gasteiger partial charge in [0.05, 0.1) is 5.69 Å². The molecule has 0 N–H and O–H groups in total. The van der Waals surface area contributed by atoms with Crippen LogP contribution >= 0.6 is 11.3 Å². The average molecular weight is 192 g/mol. The van der Waals surface area contributed by atoms with Crippen LogP contribution in [0.4, 0.5) is 0 Å². The minimum Gasteiger partial charge on any atom is -0.408 e. The Morgan fingerprint density at radius 2 is 1.92 bits per heavy atom. The zero-order valence-corrected chi connectivity index (χ0v) is 7.86. The SMILES string of the molecule is [S-]c1nc(-c2ccccc2)cs1. The Morgan fingerprint density at radius 3 is 2.50 bits per heavy atom. The van der Waals surface area contributed by atoms with Crippen LogP contribution in [0.5, 0.6) is 0 Å². The van der Waals surface area contributed by atoms with Crippen molar-refractivity contribution in [3.8, 4) is 11.3 Å². The predicted molar refractivity (Wildman–Crippen MR) is 53.2 cm³/mol. The van der Waals surface area contributed by atoms with Crippen molar-refractivity contribution in [1.29, 1.82) is 0 Å². The minimum absolute atomic E-state index is 0.703. The highest BCUT2D eigenvalue weighted by Crippen LogP contribution is 2.20. The zero-order chi connectivity index (χ0) is 8.39. The van der Waals surface area contributed by atoms with Crippen LogP contribution in [0.25, 0.3) is 11.3 Å². The number of benzene rings is 1. The fourth-order valence-electron chi connectivity index (χ4n) is 0.999. The number of nitrogens with zero attached hydrogens (tertiary/aromatic N) is 1. The Balaban J connectivity index is 2.45. The maximum Gasteiger partial charge on any atom is 0.0600 e. The van der Waals surface area contributed by atoms with Crippen LogP contribution in [0.1, 0.15) is 0 Å². The van der Waals surface area contributed by atoms with E-state index < -0.39 is 0 Å². The third kappa shape index (κ3) is 1.47. The molecule has 0 aliphatic rings. The molecule has 0 saturated carbocycles. The fourth-order valence-corrected chi connectivity index (χ4v) is 1.79. The molecule has 1 heterocycles. The monoisotopic (exact) mass is 192 g/mol. The second kappa shape index (κ2) is 3.21. The average Bonchev–Trinajstić information content (AvgIpc) is 2.54.